The van der Waals surface area contributed by atoms with Crippen molar-refractivity contribution in [3.05, 3.63) is 17.8 Å². The predicted molar refractivity (Wildman–Crippen MR) is 61.0 cm³/mol. The number of nitrogens with zero attached hydrogens (tertiary/aromatic N) is 3. The van der Waals surface area contributed by atoms with Crippen LogP contribution in [0, 0.1) is 0 Å². The number of esters is 1. The van der Waals surface area contributed by atoms with E-state index in [1.165, 1.54) is 13.2 Å². The van der Waals surface area contributed by atoms with Crippen LogP contribution in [0.1, 0.15) is 5.69 Å². The lowest BCUT2D eigenvalue weighted by Crippen LogP contribution is -2.47. The third kappa shape index (κ3) is 3.16. The van der Waals surface area contributed by atoms with Crippen molar-refractivity contribution < 1.29 is 27.4 Å². The Hall–Kier alpha value is -1.90. The lowest BCUT2D eigenvalue weighted by atomic mass is 10.2. The van der Waals surface area contributed by atoms with Crippen molar-refractivity contribution in [2.75, 3.05) is 31.7 Å². The number of hydrogen-bond acceptors (Lipinski definition) is 6. The number of ether oxygens (including phenoxy) is 2. The van der Waals surface area contributed by atoms with Crippen molar-refractivity contribution in [1.29, 1.82) is 0 Å². The van der Waals surface area contributed by atoms with E-state index in [9.17, 15) is 18.0 Å². The highest BCUT2D eigenvalue weighted by atomic mass is 19.4. The molecule has 2 heterocycles. The van der Waals surface area contributed by atoms with E-state index < -0.39 is 23.9 Å². The van der Waals surface area contributed by atoms with Crippen LogP contribution in [0.5, 0.6) is 0 Å². The number of halogens is 3. The predicted octanol–water partition coefficient (Wildman–Crippen LogP) is 0.874. The summed E-state index contributed by atoms with van der Waals surface area (Å²) in [5, 5.41) is 6.68. The van der Waals surface area contributed by atoms with E-state index in [2.05, 4.69) is 14.9 Å². The van der Waals surface area contributed by atoms with Gasteiger partial charge in [0.1, 0.15) is 0 Å². The van der Waals surface area contributed by atoms with Gasteiger partial charge in [-0.15, -0.1) is 10.2 Å². The third-order valence-corrected chi connectivity index (χ3v) is 2.80. The summed E-state index contributed by atoms with van der Waals surface area (Å²) < 4.78 is 46.9. The minimum Gasteiger partial charge on any atom is -0.467 e. The summed E-state index contributed by atoms with van der Waals surface area (Å²) in [6.45, 7) is 0.822. The van der Waals surface area contributed by atoms with Crippen LogP contribution >= 0.6 is 0 Å². The Labute approximate surface area is 112 Å². The molecule has 1 aromatic rings. The quantitative estimate of drug-likeness (QED) is 0.754. The normalized spacial score (nSPS) is 19.8. The smallest absolute Gasteiger partial charge is 0.435 e. The molecule has 0 amide bonds. The Bertz CT molecular complexity index is 478. The maximum atomic E-state index is 12.4. The van der Waals surface area contributed by atoms with Crippen LogP contribution in [0.2, 0.25) is 0 Å². The molecule has 0 aromatic carbocycles. The largest absolute Gasteiger partial charge is 0.467 e. The van der Waals surface area contributed by atoms with Gasteiger partial charge in [0.05, 0.1) is 20.3 Å². The fraction of sp³-hybridized carbons (Fsp3) is 0.545. The zero-order chi connectivity index (χ0) is 14.8. The van der Waals surface area contributed by atoms with Gasteiger partial charge in [0.15, 0.2) is 17.6 Å². The summed E-state index contributed by atoms with van der Waals surface area (Å²) in [5.41, 5.74) is -1.06. The molecule has 6 nitrogen and oxygen atoms in total. The summed E-state index contributed by atoms with van der Waals surface area (Å²) in [6.07, 6.45) is -5.30. The van der Waals surface area contributed by atoms with E-state index in [1.54, 1.807) is 4.90 Å². The second-order valence-corrected chi connectivity index (χ2v) is 4.10. The first-order chi connectivity index (χ1) is 9.41. The zero-order valence-electron chi connectivity index (χ0n) is 10.6. The van der Waals surface area contributed by atoms with Gasteiger partial charge in [0.25, 0.3) is 0 Å². The molecule has 0 spiro atoms. The van der Waals surface area contributed by atoms with Crippen molar-refractivity contribution >= 4 is 11.8 Å². The van der Waals surface area contributed by atoms with E-state index in [-0.39, 0.29) is 19.0 Å². The molecule has 1 saturated heterocycles. The molecule has 0 radical (unpaired) electrons. The fourth-order valence-electron chi connectivity index (χ4n) is 1.78. The molecule has 0 bridgehead atoms. The second-order valence-electron chi connectivity index (χ2n) is 4.10. The maximum Gasteiger partial charge on any atom is 0.435 e. The van der Waals surface area contributed by atoms with Crippen LogP contribution in [0.4, 0.5) is 19.0 Å². The van der Waals surface area contributed by atoms with Crippen LogP contribution in [-0.4, -0.2) is 49.1 Å². The first kappa shape index (κ1) is 14.5. The number of carbonyl (C=O) groups is 1. The molecule has 0 N–H and O–H groups in total. The Balaban J connectivity index is 2.09. The lowest BCUT2D eigenvalue weighted by Gasteiger charge is -2.31. The monoisotopic (exact) mass is 291 g/mol. The van der Waals surface area contributed by atoms with E-state index in [4.69, 9.17) is 4.74 Å². The van der Waals surface area contributed by atoms with Crippen molar-refractivity contribution in [3.63, 3.8) is 0 Å². The van der Waals surface area contributed by atoms with Gasteiger partial charge in [-0.2, -0.15) is 13.2 Å². The van der Waals surface area contributed by atoms with Gasteiger partial charge in [-0.3, -0.25) is 0 Å². The number of anilines is 1. The molecular weight excluding hydrogens is 279 g/mol. The molecule has 1 atom stereocenters. The van der Waals surface area contributed by atoms with E-state index in [1.807, 2.05) is 0 Å². The Morgan fingerprint density at radius 1 is 1.45 bits per heavy atom. The Morgan fingerprint density at radius 2 is 2.20 bits per heavy atom. The molecular formula is C11H12F3N3O3. The molecule has 1 aliphatic rings. The summed E-state index contributed by atoms with van der Waals surface area (Å²) >= 11 is 0. The maximum absolute atomic E-state index is 12.4. The van der Waals surface area contributed by atoms with Gasteiger partial charge in [0, 0.05) is 6.54 Å². The molecule has 1 aromatic heterocycles. The molecule has 110 valence electrons. The number of aromatic nitrogens is 2. The van der Waals surface area contributed by atoms with Crippen LogP contribution in [0.15, 0.2) is 12.1 Å². The molecule has 0 aliphatic carbocycles. The number of alkyl halides is 3. The number of hydrogen-bond donors (Lipinski definition) is 0. The lowest BCUT2D eigenvalue weighted by molar-refractivity contribution is -0.154. The number of carbonyl (C=O) groups excluding carboxylic acids is 1. The van der Waals surface area contributed by atoms with Crippen molar-refractivity contribution in [2.45, 2.75) is 12.3 Å². The number of morpholine rings is 1. The minimum absolute atomic E-state index is 0.159. The molecule has 1 unspecified atom stereocenters. The Kier molecular flexibility index (Phi) is 4.07. The average molecular weight is 291 g/mol. The van der Waals surface area contributed by atoms with E-state index >= 15 is 0 Å². The first-order valence-electron chi connectivity index (χ1n) is 5.77. The molecule has 0 saturated carbocycles. The van der Waals surface area contributed by atoms with Gasteiger partial charge in [-0.1, -0.05) is 0 Å². The summed E-state index contributed by atoms with van der Waals surface area (Å²) in [7, 11) is 1.24. The van der Waals surface area contributed by atoms with E-state index in [0.717, 1.165) is 6.07 Å². The SMILES string of the molecule is COC(=O)C1CN(c2ccc(C(F)(F)F)nn2)CCO1. The van der Waals surface area contributed by atoms with Crippen LogP contribution in [0.3, 0.4) is 0 Å². The van der Waals surface area contributed by atoms with Gasteiger partial charge in [0.2, 0.25) is 0 Å². The van der Waals surface area contributed by atoms with Crippen molar-refractivity contribution in [1.82, 2.24) is 10.2 Å². The van der Waals surface area contributed by atoms with Crippen molar-refractivity contribution in [3.8, 4) is 0 Å². The van der Waals surface area contributed by atoms with Gasteiger partial charge >= 0.3 is 12.1 Å². The van der Waals surface area contributed by atoms with Gasteiger partial charge in [-0.25, -0.2) is 4.79 Å². The third-order valence-electron chi connectivity index (χ3n) is 2.80. The second kappa shape index (κ2) is 5.61. The zero-order valence-corrected chi connectivity index (χ0v) is 10.6. The van der Waals surface area contributed by atoms with Gasteiger partial charge in [-0.05, 0) is 12.1 Å². The summed E-state index contributed by atoms with van der Waals surface area (Å²) in [6, 6.07) is 2.07. The molecule has 2 rings (SSSR count). The number of rotatable bonds is 2. The van der Waals surface area contributed by atoms with Crippen LogP contribution in [-0.2, 0) is 20.4 Å². The van der Waals surface area contributed by atoms with Crippen molar-refractivity contribution in [2.24, 2.45) is 0 Å². The minimum atomic E-state index is -4.52. The van der Waals surface area contributed by atoms with E-state index in [0.29, 0.717) is 6.54 Å². The topological polar surface area (TPSA) is 64.5 Å². The average Bonchev–Trinajstić information content (AvgIpc) is 2.46. The highest BCUT2D eigenvalue weighted by Gasteiger charge is 2.33. The Morgan fingerprint density at radius 3 is 2.75 bits per heavy atom. The van der Waals surface area contributed by atoms with Crippen LogP contribution < -0.4 is 4.90 Å². The molecule has 1 aliphatic heterocycles. The van der Waals surface area contributed by atoms with Crippen LogP contribution in [0.25, 0.3) is 0 Å². The molecule has 20 heavy (non-hydrogen) atoms. The summed E-state index contributed by atoms with van der Waals surface area (Å²) in [5.74, 6) is -0.273. The van der Waals surface area contributed by atoms with Gasteiger partial charge < -0.3 is 14.4 Å². The standard InChI is InChI=1S/C11H12F3N3O3/c1-19-10(18)7-6-17(4-5-20-7)9-3-2-8(15-16-9)11(12,13)14/h2-3,7H,4-6H2,1H3. The fourth-order valence-corrected chi connectivity index (χ4v) is 1.78. The molecule has 1 fully saturated rings. The number of methoxy groups -OCH3 is 1. The highest BCUT2D eigenvalue weighted by Crippen LogP contribution is 2.27. The highest BCUT2D eigenvalue weighted by molar-refractivity contribution is 5.75. The molecule has 9 heteroatoms. The summed E-state index contributed by atoms with van der Waals surface area (Å²) in [4.78, 5) is 13.0. The first-order valence-corrected chi connectivity index (χ1v) is 5.77.